The lowest BCUT2D eigenvalue weighted by Crippen LogP contribution is -2.38. The topological polar surface area (TPSA) is 76.7 Å². The van der Waals surface area contributed by atoms with Crippen molar-refractivity contribution in [2.24, 2.45) is 0 Å². The second-order valence-electron chi connectivity index (χ2n) is 8.10. The van der Waals surface area contributed by atoms with Crippen LogP contribution in [0.2, 0.25) is 0 Å². The Kier molecular flexibility index (Phi) is 16.8. The van der Waals surface area contributed by atoms with E-state index in [9.17, 15) is 9.59 Å². The van der Waals surface area contributed by atoms with E-state index in [0.29, 0.717) is 6.54 Å². The van der Waals surface area contributed by atoms with Gasteiger partial charge in [0.1, 0.15) is 0 Å². The van der Waals surface area contributed by atoms with E-state index in [1.807, 2.05) is 0 Å². The number of hydrogen-bond acceptors (Lipinski definition) is 4. The molecule has 1 atom stereocenters. The number of carbonyl (C=O) groups excluding carboxylic acids is 2. The lowest BCUT2D eigenvalue weighted by atomic mass is 10.0. The maximum Gasteiger partial charge on any atom is 0.309 e. The fraction of sp³-hybridized carbons (Fsp3) is 0.913. The van der Waals surface area contributed by atoms with Gasteiger partial charge in [0.25, 0.3) is 0 Å². The highest BCUT2D eigenvalue weighted by molar-refractivity contribution is 6.34. The van der Waals surface area contributed by atoms with Crippen LogP contribution in [0.3, 0.4) is 0 Å². The number of amides is 2. The molecule has 0 aromatic heterocycles. The number of carbonyl (C=O) groups is 2. The summed E-state index contributed by atoms with van der Waals surface area (Å²) >= 11 is 0. The minimum atomic E-state index is -0.566. The van der Waals surface area contributed by atoms with Gasteiger partial charge in [-0.1, -0.05) is 70.6 Å². The van der Waals surface area contributed by atoms with Gasteiger partial charge in [0.15, 0.2) is 6.29 Å². The molecule has 0 aromatic rings. The minimum absolute atomic E-state index is 0.0682. The Morgan fingerprint density at radius 3 is 1.86 bits per heavy atom. The molecule has 0 bridgehead atoms. The van der Waals surface area contributed by atoms with Crippen LogP contribution in [0.1, 0.15) is 103 Å². The lowest BCUT2D eigenvalue weighted by molar-refractivity contribution is -0.162. The third-order valence-electron chi connectivity index (χ3n) is 5.48. The van der Waals surface area contributed by atoms with E-state index in [2.05, 4.69) is 10.6 Å². The molecule has 2 amide bonds. The maximum atomic E-state index is 11.2. The van der Waals surface area contributed by atoms with E-state index >= 15 is 0 Å². The van der Waals surface area contributed by atoms with Crippen molar-refractivity contribution in [2.45, 2.75) is 109 Å². The van der Waals surface area contributed by atoms with E-state index in [-0.39, 0.29) is 6.29 Å². The smallest absolute Gasteiger partial charge is 0.309 e. The average molecular weight is 413 g/mol. The Morgan fingerprint density at radius 2 is 1.34 bits per heavy atom. The zero-order valence-electron chi connectivity index (χ0n) is 18.6. The molecule has 1 fully saturated rings. The van der Waals surface area contributed by atoms with E-state index < -0.39 is 11.8 Å². The van der Waals surface area contributed by atoms with Crippen LogP contribution >= 0.6 is 0 Å². The standard InChI is InChI=1S/C23H44N2O4/c1-24-22(26)23(27)25-18-14-11-9-7-5-3-2-4-6-8-10-12-15-19-28-21-17-13-16-20-29-21/h21H,2-20H2,1H3,(H,24,26)(H,25,27). The first-order valence-corrected chi connectivity index (χ1v) is 12.0. The molecule has 0 radical (unpaired) electrons. The van der Waals surface area contributed by atoms with E-state index in [1.165, 1.54) is 84.1 Å². The second-order valence-corrected chi connectivity index (χ2v) is 8.10. The highest BCUT2D eigenvalue weighted by Crippen LogP contribution is 2.15. The van der Waals surface area contributed by atoms with Crippen LogP contribution < -0.4 is 10.6 Å². The van der Waals surface area contributed by atoms with Gasteiger partial charge in [-0.3, -0.25) is 9.59 Å². The van der Waals surface area contributed by atoms with Gasteiger partial charge in [-0.25, -0.2) is 0 Å². The molecule has 1 rings (SSSR count). The molecule has 0 aliphatic carbocycles. The van der Waals surface area contributed by atoms with Gasteiger partial charge >= 0.3 is 11.8 Å². The third-order valence-corrected chi connectivity index (χ3v) is 5.48. The monoisotopic (exact) mass is 412 g/mol. The van der Waals surface area contributed by atoms with Gasteiger partial charge in [-0.15, -0.1) is 0 Å². The molecule has 1 unspecified atom stereocenters. The third kappa shape index (κ3) is 15.4. The Morgan fingerprint density at radius 1 is 0.793 bits per heavy atom. The number of rotatable bonds is 17. The summed E-state index contributed by atoms with van der Waals surface area (Å²) in [5, 5.41) is 4.95. The van der Waals surface area contributed by atoms with Gasteiger partial charge in [0, 0.05) is 26.8 Å². The van der Waals surface area contributed by atoms with Crippen LogP contribution in [-0.4, -0.2) is 44.9 Å². The van der Waals surface area contributed by atoms with Crippen LogP contribution in [0.5, 0.6) is 0 Å². The normalized spacial score (nSPS) is 16.5. The number of unbranched alkanes of at least 4 members (excludes halogenated alkanes) is 12. The molecule has 0 aromatic carbocycles. The molecule has 6 heteroatoms. The zero-order valence-corrected chi connectivity index (χ0v) is 18.6. The number of likely N-dealkylation sites (N-methyl/N-ethyl adjacent to an activating group) is 1. The minimum Gasteiger partial charge on any atom is -0.353 e. The molecule has 0 saturated carbocycles. The van der Waals surface area contributed by atoms with Crippen molar-refractivity contribution < 1.29 is 19.1 Å². The number of hydrogen-bond donors (Lipinski definition) is 2. The molecule has 0 spiro atoms. The molecule has 1 aliphatic heterocycles. The summed E-state index contributed by atoms with van der Waals surface area (Å²) in [6.07, 6.45) is 19.9. The second kappa shape index (κ2) is 18.9. The van der Waals surface area contributed by atoms with Crippen molar-refractivity contribution in [1.29, 1.82) is 0 Å². The van der Waals surface area contributed by atoms with Crippen LogP contribution in [-0.2, 0) is 19.1 Å². The Bertz CT molecular complexity index is 412. The molecule has 1 aliphatic rings. The summed E-state index contributed by atoms with van der Waals surface area (Å²) in [6, 6.07) is 0. The predicted molar refractivity (Wildman–Crippen MR) is 117 cm³/mol. The highest BCUT2D eigenvalue weighted by Gasteiger charge is 2.13. The number of nitrogens with one attached hydrogen (secondary N) is 2. The van der Waals surface area contributed by atoms with Crippen LogP contribution in [0.25, 0.3) is 0 Å². The molecular weight excluding hydrogens is 368 g/mol. The van der Waals surface area contributed by atoms with Gasteiger partial charge in [0.2, 0.25) is 0 Å². The largest absolute Gasteiger partial charge is 0.353 e. The number of ether oxygens (including phenoxy) is 2. The van der Waals surface area contributed by atoms with Crippen molar-refractivity contribution in [3.8, 4) is 0 Å². The van der Waals surface area contributed by atoms with Crippen molar-refractivity contribution in [1.82, 2.24) is 10.6 Å². The van der Waals surface area contributed by atoms with E-state index in [0.717, 1.165) is 38.9 Å². The van der Waals surface area contributed by atoms with Crippen molar-refractivity contribution in [2.75, 3.05) is 26.8 Å². The van der Waals surface area contributed by atoms with E-state index in [1.54, 1.807) is 0 Å². The summed E-state index contributed by atoms with van der Waals surface area (Å²) < 4.78 is 11.3. The van der Waals surface area contributed by atoms with Crippen LogP contribution in [0, 0.1) is 0 Å². The summed E-state index contributed by atoms with van der Waals surface area (Å²) in [4.78, 5) is 22.3. The predicted octanol–water partition coefficient (Wildman–Crippen LogP) is 4.46. The Labute approximate surface area is 177 Å². The summed E-state index contributed by atoms with van der Waals surface area (Å²) in [6.45, 7) is 2.31. The molecule has 1 heterocycles. The summed E-state index contributed by atoms with van der Waals surface area (Å²) in [5.41, 5.74) is 0. The van der Waals surface area contributed by atoms with Crippen molar-refractivity contribution in [3.63, 3.8) is 0 Å². The molecule has 2 N–H and O–H groups in total. The van der Waals surface area contributed by atoms with Gasteiger partial charge in [-0.05, 0) is 32.1 Å². The fourth-order valence-corrected chi connectivity index (χ4v) is 3.62. The first kappa shape index (κ1) is 25.9. The summed E-state index contributed by atoms with van der Waals surface area (Å²) in [7, 11) is 1.47. The van der Waals surface area contributed by atoms with Gasteiger partial charge < -0.3 is 20.1 Å². The summed E-state index contributed by atoms with van der Waals surface area (Å²) in [5.74, 6) is -1.10. The zero-order chi connectivity index (χ0) is 21.0. The molecular formula is C23H44N2O4. The Balaban J connectivity index is 1.70. The van der Waals surface area contributed by atoms with E-state index in [4.69, 9.17) is 9.47 Å². The quantitative estimate of drug-likeness (QED) is 0.273. The molecule has 170 valence electrons. The van der Waals surface area contributed by atoms with Crippen molar-refractivity contribution in [3.05, 3.63) is 0 Å². The Hall–Kier alpha value is -1.14. The first-order valence-electron chi connectivity index (χ1n) is 12.0. The van der Waals surface area contributed by atoms with Crippen molar-refractivity contribution >= 4 is 11.8 Å². The highest BCUT2D eigenvalue weighted by atomic mass is 16.7. The maximum absolute atomic E-state index is 11.2. The molecule has 29 heavy (non-hydrogen) atoms. The van der Waals surface area contributed by atoms with Gasteiger partial charge in [0.05, 0.1) is 0 Å². The average Bonchev–Trinajstić information content (AvgIpc) is 2.75. The SMILES string of the molecule is CNC(=O)C(=O)NCCCCCCCCCCCCCCCOC1CCCCO1. The van der Waals surface area contributed by atoms with Gasteiger partial charge in [-0.2, -0.15) is 0 Å². The fourth-order valence-electron chi connectivity index (χ4n) is 3.62. The lowest BCUT2D eigenvalue weighted by Gasteiger charge is -2.22. The molecule has 6 nitrogen and oxygen atoms in total. The molecule has 1 saturated heterocycles. The van der Waals surface area contributed by atoms with Crippen LogP contribution in [0.4, 0.5) is 0 Å². The van der Waals surface area contributed by atoms with Crippen LogP contribution in [0.15, 0.2) is 0 Å². The first-order chi connectivity index (χ1) is 14.2.